The lowest BCUT2D eigenvalue weighted by Gasteiger charge is -2.27. The average molecular weight is 233 g/mol. The van der Waals surface area contributed by atoms with Crippen LogP contribution in [-0.2, 0) is 4.74 Å². The normalized spacial score (nSPS) is 17.9. The minimum atomic E-state index is -0.114. The Kier molecular flexibility index (Phi) is 8.91. The molecule has 0 aromatic heterocycles. The molecule has 1 saturated heterocycles. The number of rotatable bonds is 2. The summed E-state index contributed by atoms with van der Waals surface area (Å²) >= 11 is 1.36. The van der Waals surface area contributed by atoms with Crippen LogP contribution in [0.1, 0.15) is 33.6 Å². The molecule has 0 aliphatic carbocycles. The summed E-state index contributed by atoms with van der Waals surface area (Å²) in [5.41, 5.74) is 0. The molecule has 0 atom stereocenters. The Hall–Kier alpha value is -0.220. The molecule has 4 heteroatoms. The smallest absolute Gasteiger partial charge is 0.367 e. The number of hydrogen-bond donors (Lipinski definition) is 0. The molecule has 3 nitrogen and oxygen atoms in total. The number of ether oxygens (including phenoxy) is 1. The zero-order valence-electron chi connectivity index (χ0n) is 10.3. The molecule has 0 unspecified atom stereocenters. The maximum Gasteiger partial charge on any atom is 0.367 e. The van der Waals surface area contributed by atoms with Gasteiger partial charge in [-0.05, 0) is 51.7 Å². The predicted molar refractivity (Wildman–Crippen MR) is 66.5 cm³/mol. The molecule has 0 saturated carbocycles. The van der Waals surface area contributed by atoms with Gasteiger partial charge in [-0.2, -0.15) is 0 Å². The second-order valence-corrected chi connectivity index (χ2v) is 4.54. The van der Waals surface area contributed by atoms with Gasteiger partial charge in [-0.3, -0.25) is 0 Å². The molecular formula is C11H23NO2S. The molecule has 0 radical (unpaired) electrons. The predicted octanol–water partition coefficient (Wildman–Crippen LogP) is 3.00. The van der Waals surface area contributed by atoms with Gasteiger partial charge in [0.05, 0.1) is 6.61 Å². The van der Waals surface area contributed by atoms with E-state index >= 15 is 0 Å². The first-order chi connectivity index (χ1) is 7.22. The van der Waals surface area contributed by atoms with E-state index in [1.54, 1.807) is 0 Å². The molecule has 90 valence electrons. The van der Waals surface area contributed by atoms with Gasteiger partial charge in [0.2, 0.25) is 0 Å². The topological polar surface area (TPSA) is 29.5 Å². The van der Waals surface area contributed by atoms with Crippen molar-refractivity contribution < 1.29 is 9.53 Å². The third-order valence-corrected chi connectivity index (χ3v) is 3.31. The minimum absolute atomic E-state index is 0.114. The van der Waals surface area contributed by atoms with Gasteiger partial charge in [0.25, 0.3) is 0 Å². The number of carbonyl (C=O) groups is 1. The SMILES string of the molecule is CC.CCOC(=O)SC1CCN(C)CC1. The number of piperidine rings is 1. The molecule has 0 aromatic rings. The molecule has 0 aromatic carbocycles. The van der Waals surface area contributed by atoms with Crippen molar-refractivity contribution in [3.05, 3.63) is 0 Å². The number of hydrogen-bond acceptors (Lipinski definition) is 4. The van der Waals surface area contributed by atoms with E-state index in [4.69, 9.17) is 4.74 Å². The molecule has 0 amide bonds. The Morgan fingerprint density at radius 3 is 2.40 bits per heavy atom. The third kappa shape index (κ3) is 6.79. The van der Waals surface area contributed by atoms with Crippen LogP contribution in [0.25, 0.3) is 0 Å². The van der Waals surface area contributed by atoms with E-state index in [2.05, 4.69) is 11.9 Å². The highest BCUT2D eigenvalue weighted by molar-refractivity contribution is 8.13. The lowest BCUT2D eigenvalue weighted by molar-refractivity contribution is 0.181. The number of carbonyl (C=O) groups excluding carboxylic acids is 1. The Morgan fingerprint density at radius 1 is 1.40 bits per heavy atom. The van der Waals surface area contributed by atoms with Crippen molar-refractivity contribution in [3.63, 3.8) is 0 Å². The highest BCUT2D eigenvalue weighted by Gasteiger charge is 2.20. The Labute approximate surface area is 97.5 Å². The maximum atomic E-state index is 11.1. The fourth-order valence-corrected chi connectivity index (χ4v) is 2.30. The molecule has 15 heavy (non-hydrogen) atoms. The minimum Gasteiger partial charge on any atom is -0.458 e. The zero-order chi connectivity index (χ0) is 11.7. The van der Waals surface area contributed by atoms with Gasteiger partial charge in [0.15, 0.2) is 0 Å². The fraction of sp³-hybridized carbons (Fsp3) is 0.909. The van der Waals surface area contributed by atoms with Crippen molar-refractivity contribution in [1.29, 1.82) is 0 Å². The summed E-state index contributed by atoms with van der Waals surface area (Å²) in [6.45, 7) is 8.51. The van der Waals surface area contributed by atoms with Crippen molar-refractivity contribution in [2.45, 2.75) is 38.9 Å². The molecule has 0 N–H and O–H groups in total. The van der Waals surface area contributed by atoms with E-state index in [-0.39, 0.29) is 5.30 Å². The average Bonchev–Trinajstić information content (AvgIpc) is 2.25. The van der Waals surface area contributed by atoms with Crippen LogP contribution in [0, 0.1) is 0 Å². The molecule has 1 aliphatic heterocycles. The van der Waals surface area contributed by atoms with E-state index in [1.165, 1.54) is 11.8 Å². The monoisotopic (exact) mass is 233 g/mol. The van der Waals surface area contributed by atoms with E-state index in [1.807, 2.05) is 20.8 Å². The maximum absolute atomic E-state index is 11.1. The number of thioether (sulfide) groups is 1. The first-order valence-electron chi connectivity index (χ1n) is 5.74. The summed E-state index contributed by atoms with van der Waals surface area (Å²) in [5.74, 6) is 0. The highest BCUT2D eigenvalue weighted by Crippen LogP contribution is 2.24. The molecule has 0 spiro atoms. The van der Waals surface area contributed by atoms with E-state index in [9.17, 15) is 4.79 Å². The van der Waals surface area contributed by atoms with E-state index in [0.29, 0.717) is 11.9 Å². The molecule has 1 heterocycles. The zero-order valence-corrected chi connectivity index (χ0v) is 11.1. The lowest BCUT2D eigenvalue weighted by Crippen LogP contribution is -2.32. The fourth-order valence-electron chi connectivity index (χ4n) is 1.39. The Morgan fingerprint density at radius 2 is 1.93 bits per heavy atom. The standard InChI is InChI=1S/C9H17NO2S.C2H6/c1-3-12-9(11)13-8-4-6-10(2)7-5-8;1-2/h8H,3-7H2,1-2H3;1-2H3. The van der Waals surface area contributed by atoms with Crippen molar-refractivity contribution in [3.8, 4) is 0 Å². The molecule has 1 fully saturated rings. The van der Waals surface area contributed by atoms with Gasteiger partial charge < -0.3 is 9.64 Å². The van der Waals surface area contributed by atoms with Crippen LogP contribution in [0.15, 0.2) is 0 Å². The van der Waals surface area contributed by atoms with Crippen molar-refractivity contribution in [1.82, 2.24) is 4.90 Å². The summed E-state index contributed by atoms with van der Waals surface area (Å²) in [5, 5.41) is 0.354. The van der Waals surface area contributed by atoms with Crippen LogP contribution in [0.4, 0.5) is 4.79 Å². The van der Waals surface area contributed by atoms with Crippen molar-refractivity contribution in [2.75, 3.05) is 26.7 Å². The van der Waals surface area contributed by atoms with Crippen molar-refractivity contribution in [2.24, 2.45) is 0 Å². The summed E-state index contributed by atoms with van der Waals surface area (Å²) in [6, 6.07) is 0. The van der Waals surface area contributed by atoms with Crippen molar-refractivity contribution >= 4 is 17.1 Å². The first-order valence-corrected chi connectivity index (χ1v) is 6.62. The number of nitrogens with zero attached hydrogens (tertiary/aromatic N) is 1. The van der Waals surface area contributed by atoms with E-state index in [0.717, 1.165) is 25.9 Å². The van der Waals surface area contributed by atoms with Crippen LogP contribution >= 0.6 is 11.8 Å². The highest BCUT2D eigenvalue weighted by atomic mass is 32.2. The van der Waals surface area contributed by atoms with Crippen LogP contribution in [0.5, 0.6) is 0 Å². The summed E-state index contributed by atoms with van der Waals surface area (Å²) < 4.78 is 4.88. The molecule has 0 bridgehead atoms. The lowest BCUT2D eigenvalue weighted by atomic mass is 10.1. The van der Waals surface area contributed by atoms with Gasteiger partial charge in [0.1, 0.15) is 0 Å². The van der Waals surface area contributed by atoms with Crippen LogP contribution in [0.3, 0.4) is 0 Å². The second kappa shape index (κ2) is 9.04. The second-order valence-electron chi connectivity index (χ2n) is 3.30. The van der Waals surface area contributed by atoms with Crippen LogP contribution in [0.2, 0.25) is 0 Å². The summed E-state index contributed by atoms with van der Waals surface area (Å²) in [4.78, 5) is 13.4. The third-order valence-electron chi connectivity index (χ3n) is 2.19. The summed E-state index contributed by atoms with van der Waals surface area (Å²) in [7, 11) is 2.12. The first kappa shape index (κ1) is 14.8. The number of likely N-dealkylation sites (tertiary alicyclic amines) is 1. The van der Waals surface area contributed by atoms with Gasteiger partial charge in [-0.25, -0.2) is 4.79 Å². The van der Waals surface area contributed by atoms with Crippen LogP contribution in [-0.4, -0.2) is 42.2 Å². The van der Waals surface area contributed by atoms with E-state index < -0.39 is 0 Å². The molecule has 1 rings (SSSR count). The van der Waals surface area contributed by atoms with Gasteiger partial charge in [-0.1, -0.05) is 13.8 Å². The molecular weight excluding hydrogens is 210 g/mol. The molecule has 1 aliphatic rings. The summed E-state index contributed by atoms with van der Waals surface area (Å²) in [6.07, 6.45) is 2.19. The largest absolute Gasteiger partial charge is 0.458 e. The van der Waals surface area contributed by atoms with Gasteiger partial charge in [-0.15, -0.1) is 0 Å². The van der Waals surface area contributed by atoms with Gasteiger partial charge in [0, 0.05) is 5.25 Å². The Bertz CT molecular complexity index is 168. The van der Waals surface area contributed by atoms with Gasteiger partial charge >= 0.3 is 5.30 Å². The quantitative estimate of drug-likeness (QED) is 0.686. The van der Waals surface area contributed by atoms with Crippen LogP contribution < -0.4 is 0 Å². The Balaban J connectivity index is 0.000000921.